The van der Waals surface area contributed by atoms with Gasteiger partial charge in [0.15, 0.2) is 0 Å². The Labute approximate surface area is 202 Å². The average molecular weight is 452 g/mol. The van der Waals surface area contributed by atoms with E-state index in [0.29, 0.717) is 5.46 Å². The number of hydrogen-bond acceptors (Lipinski definition) is 2. The highest BCUT2D eigenvalue weighted by atomic mass is 16.4. The first-order chi connectivity index (χ1) is 17.2. The van der Waals surface area contributed by atoms with E-state index in [9.17, 15) is 10.0 Å². The minimum absolute atomic E-state index is 0.488. The number of para-hydroxylation sites is 3. The minimum Gasteiger partial charge on any atom is -0.423 e. The van der Waals surface area contributed by atoms with Crippen LogP contribution in [0.15, 0.2) is 115 Å². The first-order valence-electron chi connectivity index (χ1n) is 11.7. The van der Waals surface area contributed by atoms with Gasteiger partial charge in [-0.25, -0.2) is 0 Å². The molecule has 0 radical (unpaired) electrons. The maximum absolute atomic E-state index is 9.70. The van der Waals surface area contributed by atoms with Crippen molar-refractivity contribution in [1.82, 2.24) is 9.13 Å². The molecule has 0 aliphatic rings. The lowest BCUT2D eigenvalue weighted by molar-refractivity contribution is 0.426. The number of hydrogen-bond donors (Lipinski definition) is 2. The number of fused-ring (bicyclic) bond motifs is 6. The van der Waals surface area contributed by atoms with E-state index in [1.54, 1.807) is 6.07 Å². The van der Waals surface area contributed by atoms with Gasteiger partial charge in [-0.05, 0) is 54.0 Å². The summed E-state index contributed by atoms with van der Waals surface area (Å²) in [6.07, 6.45) is 0. The fraction of sp³-hybridized carbons (Fsp3) is 0. The van der Waals surface area contributed by atoms with E-state index in [1.165, 1.54) is 21.8 Å². The van der Waals surface area contributed by atoms with Crippen LogP contribution >= 0.6 is 0 Å². The summed E-state index contributed by atoms with van der Waals surface area (Å²) in [5, 5.41) is 24.0. The van der Waals surface area contributed by atoms with Gasteiger partial charge in [0.2, 0.25) is 0 Å². The molecule has 0 unspecified atom stereocenters. The zero-order valence-corrected chi connectivity index (χ0v) is 18.8. The van der Waals surface area contributed by atoms with Gasteiger partial charge in [0.25, 0.3) is 0 Å². The summed E-state index contributed by atoms with van der Waals surface area (Å²) in [5.74, 6) is 0. The Balaban J connectivity index is 1.44. The Morgan fingerprint density at radius 1 is 0.429 bits per heavy atom. The molecule has 0 amide bonds. The van der Waals surface area contributed by atoms with E-state index >= 15 is 0 Å². The molecule has 2 aromatic heterocycles. The van der Waals surface area contributed by atoms with Crippen LogP contribution in [0.25, 0.3) is 55.0 Å². The maximum Gasteiger partial charge on any atom is 0.488 e. The van der Waals surface area contributed by atoms with E-state index < -0.39 is 7.12 Å². The molecule has 7 rings (SSSR count). The highest BCUT2D eigenvalue weighted by molar-refractivity contribution is 6.59. The quantitative estimate of drug-likeness (QED) is 0.345. The van der Waals surface area contributed by atoms with Gasteiger partial charge in [-0.2, -0.15) is 0 Å². The van der Waals surface area contributed by atoms with Gasteiger partial charge in [0, 0.05) is 32.9 Å². The zero-order chi connectivity index (χ0) is 23.5. The highest BCUT2D eigenvalue weighted by Crippen LogP contribution is 2.34. The third-order valence-corrected chi connectivity index (χ3v) is 6.94. The number of rotatable bonds is 3. The van der Waals surface area contributed by atoms with Crippen molar-refractivity contribution < 1.29 is 10.0 Å². The van der Waals surface area contributed by atoms with Crippen LogP contribution in [0.3, 0.4) is 0 Å². The van der Waals surface area contributed by atoms with Crippen LogP contribution in [0, 0.1) is 0 Å². The number of benzene rings is 5. The van der Waals surface area contributed by atoms with Crippen molar-refractivity contribution in [3.8, 4) is 11.4 Å². The summed E-state index contributed by atoms with van der Waals surface area (Å²) >= 11 is 0. The summed E-state index contributed by atoms with van der Waals surface area (Å²) < 4.78 is 4.54. The normalized spacial score (nSPS) is 11.7. The number of aromatic nitrogens is 2. The molecule has 0 saturated heterocycles. The minimum atomic E-state index is -1.49. The van der Waals surface area contributed by atoms with Gasteiger partial charge in [0.1, 0.15) is 0 Å². The van der Waals surface area contributed by atoms with Gasteiger partial charge in [-0.1, -0.05) is 66.7 Å². The molecule has 0 spiro atoms. The molecule has 166 valence electrons. The molecule has 2 N–H and O–H groups in total. The van der Waals surface area contributed by atoms with E-state index in [2.05, 4.69) is 94.1 Å². The van der Waals surface area contributed by atoms with Gasteiger partial charge in [0.05, 0.1) is 22.1 Å². The molecular formula is C30H21BN2O2. The summed E-state index contributed by atoms with van der Waals surface area (Å²) in [7, 11) is -1.49. The molecule has 0 fully saturated rings. The molecule has 2 heterocycles. The predicted molar refractivity (Wildman–Crippen MR) is 145 cm³/mol. The van der Waals surface area contributed by atoms with Gasteiger partial charge >= 0.3 is 7.12 Å². The van der Waals surface area contributed by atoms with E-state index in [-0.39, 0.29) is 0 Å². The molecule has 0 saturated carbocycles. The van der Waals surface area contributed by atoms with E-state index in [4.69, 9.17) is 0 Å². The monoisotopic (exact) mass is 452 g/mol. The van der Waals surface area contributed by atoms with Crippen molar-refractivity contribution in [1.29, 1.82) is 0 Å². The van der Waals surface area contributed by atoms with Crippen molar-refractivity contribution in [3.05, 3.63) is 115 Å². The van der Waals surface area contributed by atoms with Gasteiger partial charge in [-0.15, -0.1) is 0 Å². The maximum atomic E-state index is 9.70. The summed E-state index contributed by atoms with van der Waals surface area (Å²) in [4.78, 5) is 0. The molecule has 0 aliphatic carbocycles. The Morgan fingerprint density at radius 2 is 0.829 bits per heavy atom. The topological polar surface area (TPSA) is 50.3 Å². The van der Waals surface area contributed by atoms with Crippen LogP contribution in [0.5, 0.6) is 0 Å². The molecule has 0 atom stereocenters. The molecule has 35 heavy (non-hydrogen) atoms. The second kappa shape index (κ2) is 7.60. The fourth-order valence-corrected chi connectivity index (χ4v) is 5.38. The second-order valence-electron chi connectivity index (χ2n) is 8.89. The van der Waals surface area contributed by atoms with Crippen molar-refractivity contribution >= 4 is 56.2 Å². The van der Waals surface area contributed by atoms with Gasteiger partial charge < -0.3 is 19.2 Å². The lowest BCUT2D eigenvalue weighted by atomic mass is 9.80. The third-order valence-electron chi connectivity index (χ3n) is 6.94. The SMILES string of the molecule is OB(O)c1ccc2c(c1)c1ccccc1n2-c1ccc(-n2c3ccccc3c3ccccc32)cc1. The molecule has 7 aromatic rings. The Morgan fingerprint density at radius 3 is 1.29 bits per heavy atom. The van der Waals surface area contributed by atoms with Crippen molar-refractivity contribution in [2.45, 2.75) is 0 Å². The van der Waals surface area contributed by atoms with Crippen LogP contribution < -0.4 is 5.46 Å². The molecular weight excluding hydrogens is 431 g/mol. The van der Waals surface area contributed by atoms with Crippen LogP contribution in [0.2, 0.25) is 0 Å². The van der Waals surface area contributed by atoms with Crippen molar-refractivity contribution in [3.63, 3.8) is 0 Å². The number of nitrogens with zero attached hydrogens (tertiary/aromatic N) is 2. The van der Waals surface area contributed by atoms with Crippen LogP contribution in [-0.2, 0) is 0 Å². The largest absolute Gasteiger partial charge is 0.488 e. The highest BCUT2D eigenvalue weighted by Gasteiger charge is 2.17. The van der Waals surface area contributed by atoms with Crippen molar-refractivity contribution in [2.75, 3.05) is 0 Å². The molecule has 5 aromatic carbocycles. The fourth-order valence-electron chi connectivity index (χ4n) is 5.38. The summed E-state index contributed by atoms with van der Waals surface area (Å²) in [6, 6.07) is 39.5. The Kier molecular flexibility index (Phi) is 4.36. The summed E-state index contributed by atoms with van der Waals surface area (Å²) in [6.45, 7) is 0. The van der Waals surface area contributed by atoms with Crippen LogP contribution in [0.4, 0.5) is 0 Å². The first-order valence-corrected chi connectivity index (χ1v) is 11.7. The third kappa shape index (κ3) is 2.96. The van der Waals surface area contributed by atoms with E-state index in [0.717, 1.165) is 33.2 Å². The smallest absolute Gasteiger partial charge is 0.423 e. The Bertz CT molecular complexity index is 1830. The van der Waals surface area contributed by atoms with Crippen LogP contribution in [-0.4, -0.2) is 26.3 Å². The predicted octanol–water partition coefficient (Wildman–Crippen LogP) is 5.56. The first kappa shape index (κ1) is 20.1. The Hall–Kier alpha value is -4.32. The lowest BCUT2D eigenvalue weighted by Crippen LogP contribution is -2.29. The van der Waals surface area contributed by atoms with Crippen molar-refractivity contribution in [2.24, 2.45) is 0 Å². The second-order valence-corrected chi connectivity index (χ2v) is 8.89. The standard InChI is InChI=1S/C30H21BN2O2/c34-31(35)20-13-18-30-26(19-20)25-9-3-6-12-29(25)33(30)22-16-14-21(15-17-22)32-27-10-4-1-7-23(27)24-8-2-5-11-28(24)32/h1-19,34-35H. The molecule has 0 bridgehead atoms. The molecule has 4 nitrogen and oxygen atoms in total. The average Bonchev–Trinajstić information content (AvgIpc) is 3.41. The lowest BCUT2D eigenvalue weighted by Gasteiger charge is -2.12. The molecule has 5 heteroatoms. The zero-order valence-electron chi connectivity index (χ0n) is 18.8. The van der Waals surface area contributed by atoms with Gasteiger partial charge in [-0.3, -0.25) is 0 Å². The molecule has 0 aliphatic heterocycles. The van der Waals surface area contributed by atoms with Crippen LogP contribution in [0.1, 0.15) is 0 Å². The van der Waals surface area contributed by atoms with E-state index in [1.807, 2.05) is 24.3 Å². The summed E-state index contributed by atoms with van der Waals surface area (Å²) in [5.41, 5.74) is 7.14.